The molecule has 0 saturated heterocycles. The highest BCUT2D eigenvalue weighted by atomic mass is 16.1. The van der Waals surface area contributed by atoms with Gasteiger partial charge in [-0.25, -0.2) is 4.98 Å². The summed E-state index contributed by atoms with van der Waals surface area (Å²) in [5.41, 5.74) is 3.78. The molecular weight excluding hydrogens is 288 g/mol. The van der Waals surface area contributed by atoms with Crippen LogP contribution in [0.5, 0.6) is 0 Å². The number of rotatable bonds is 4. The Bertz CT molecular complexity index is 765. The van der Waals surface area contributed by atoms with E-state index in [9.17, 15) is 10.1 Å². The maximum atomic E-state index is 12.3. The van der Waals surface area contributed by atoms with Crippen molar-refractivity contribution in [3.63, 3.8) is 0 Å². The van der Waals surface area contributed by atoms with Crippen LogP contribution in [-0.4, -0.2) is 10.9 Å². The van der Waals surface area contributed by atoms with Crippen molar-refractivity contribution in [2.45, 2.75) is 20.8 Å². The molecule has 1 heterocycles. The summed E-state index contributed by atoms with van der Waals surface area (Å²) < 4.78 is 0. The van der Waals surface area contributed by atoms with Crippen molar-refractivity contribution < 1.29 is 4.79 Å². The van der Waals surface area contributed by atoms with Crippen LogP contribution in [0.25, 0.3) is 0 Å². The molecule has 5 nitrogen and oxygen atoms in total. The first-order chi connectivity index (χ1) is 11.0. The van der Waals surface area contributed by atoms with E-state index in [1.807, 2.05) is 45.0 Å². The first-order valence-corrected chi connectivity index (χ1v) is 7.18. The summed E-state index contributed by atoms with van der Waals surface area (Å²) in [6.07, 6.45) is 2.98. The molecule has 0 aliphatic carbocycles. The Morgan fingerprint density at radius 3 is 2.48 bits per heavy atom. The second-order valence-corrected chi connectivity index (χ2v) is 5.26. The highest BCUT2D eigenvalue weighted by Gasteiger charge is 2.12. The third-order valence-corrected chi connectivity index (χ3v) is 3.31. The lowest BCUT2D eigenvalue weighted by molar-refractivity contribution is -0.112. The van der Waals surface area contributed by atoms with Crippen LogP contribution in [0.15, 0.2) is 48.3 Å². The van der Waals surface area contributed by atoms with Crippen LogP contribution in [0, 0.1) is 32.1 Å². The number of nitrogens with one attached hydrogen (secondary N) is 2. The second kappa shape index (κ2) is 7.23. The van der Waals surface area contributed by atoms with Crippen LogP contribution >= 0.6 is 0 Å². The number of aromatic nitrogens is 1. The monoisotopic (exact) mass is 306 g/mol. The summed E-state index contributed by atoms with van der Waals surface area (Å²) in [5.74, 6) is 0.113. The molecule has 0 aliphatic heterocycles. The molecule has 2 rings (SSSR count). The van der Waals surface area contributed by atoms with Crippen LogP contribution in [0.1, 0.15) is 16.7 Å². The summed E-state index contributed by atoms with van der Waals surface area (Å²) in [5, 5.41) is 14.8. The van der Waals surface area contributed by atoms with Gasteiger partial charge in [-0.3, -0.25) is 4.79 Å². The molecule has 1 aromatic heterocycles. The fourth-order valence-electron chi connectivity index (χ4n) is 2.30. The molecule has 0 spiro atoms. The van der Waals surface area contributed by atoms with Crippen molar-refractivity contribution in [3.8, 4) is 6.07 Å². The van der Waals surface area contributed by atoms with Crippen molar-refractivity contribution in [1.82, 2.24) is 4.98 Å². The standard InChI is InChI=1S/C18H18N4O/c1-12-8-13(2)17(14(3)9-12)22-18(23)15(10-19)11-21-16-6-4-5-7-20-16/h4-9,11H,1-3H3,(H,20,21)(H,22,23)/b15-11-. The molecular formula is C18H18N4O. The topological polar surface area (TPSA) is 77.8 Å². The number of hydrogen-bond acceptors (Lipinski definition) is 4. The van der Waals surface area contributed by atoms with Gasteiger partial charge in [0.15, 0.2) is 0 Å². The summed E-state index contributed by atoms with van der Waals surface area (Å²) in [6, 6.07) is 11.2. The highest BCUT2D eigenvalue weighted by Crippen LogP contribution is 2.22. The van der Waals surface area contributed by atoms with Crippen molar-refractivity contribution in [1.29, 1.82) is 5.26 Å². The summed E-state index contributed by atoms with van der Waals surface area (Å²) >= 11 is 0. The molecule has 1 aromatic carbocycles. The van der Waals surface area contributed by atoms with Crippen LogP contribution < -0.4 is 10.6 Å². The average Bonchev–Trinajstić information content (AvgIpc) is 2.52. The van der Waals surface area contributed by atoms with Crippen molar-refractivity contribution in [2.24, 2.45) is 0 Å². The van der Waals surface area contributed by atoms with Gasteiger partial charge in [-0.2, -0.15) is 5.26 Å². The average molecular weight is 306 g/mol. The first kappa shape index (κ1) is 16.2. The van der Waals surface area contributed by atoms with E-state index in [4.69, 9.17) is 0 Å². The van der Waals surface area contributed by atoms with Gasteiger partial charge in [-0.1, -0.05) is 23.8 Å². The molecule has 116 valence electrons. The number of aryl methyl sites for hydroxylation is 3. The third-order valence-electron chi connectivity index (χ3n) is 3.31. The van der Waals surface area contributed by atoms with Gasteiger partial charge in [-0.05, 0) is 44.0 Å². The van der Waals surface area contributed by atoms with E-state index in [1.165, 1.54) is 6.20 Å². The van der Waals surface area contributed by atoms with E-state index in [0.29, 0.717) is 5.82 Å². The fraction of sp³-hybridized carbons (Fsp3) is 0.167. The molecule has 0 atom stereocenters. The van der Waals surface area contributed by atoms with Gasteiger partial charge >= 0.3 is 0 Å². The Kier molecular flexibility index (Phi) is 5.11. The number of anilines is 2. The number of benzene rings is 1. The van der Waals surface area contributed by atoms with Crippen LogP contribution in [0.3, 0.4) is 0 Å². The van der Waals surface area contributed by atoms with E-state index in [1.54, 1.807) is 18.3 Å². The number of nitrogens with zero attached hydrogens (tertiary/aromatic N) is 2. The van der Waals surface area contributed by atoms with E-state index in [2.05, 4.69) is 15.6 Å². The minimum atomic E-state index is -0.453. The third kappa shape index (κ3) is 4.17. The Morgan fingerprint density at radius 1 is 1.22 bits per heavy atom. The lowest BCUT2D eigenvalue weighted by Gasteiger charge is -2.12. The van der Waals surface area contributed by atoms with Gasteiger partial charge in [0.25, 0.3) is 5.91 Å². The quantitative estimate of drug-likeness (QED) is 0.670. The number of pyridine rings is 1. The maximum Gasteiger partial charge on any atom is 0.267 e. The van der Waals surface area contributed by atoms with Gasteiger partial charge in [0.2, 0.25) is 0 Å². The van der Waals surface area contributed by atoms with Gasteiger partial charge < -0.3 is 10.6 Å². The van der Waals surface area contributed by atoms with Gasteiger partial charge in [0, 0.05) is 18.1 Å². The Labute approximate surface area is 135 Å². The molecule has 0 bridgehead atoms. The molecule has 23 heavy (non-hydrogen) atoms. The number of hydrogen-bond donors (Lipinski definition) is 2. The maximum absolute atomic E-state index is 12.3. The molecule has 2 aromatic rings. The molecule has 5 heteroatoms. The zero-order valence-electron chi connectivity index (χ0n) is 13.3. The van der Waals surface area contributed by atoms with Gasteiger partial charge in [0.1, 0.15) is 17.5 Å². The Morgan fingerprint density at radius 2 is 1.91 bits per heavy atom. The zero-order chi connectivity index (χ0) is 16.8. The van der Waals surface area contributed by atoms with E-state index >= 15 is 0 Å². The molecule has 0 aliphatic rings. The smallest absolute Gasteiger partial charge is 0.267 e. The molecule has 0 saturated carbocycles. The summed E-state index contributed by atoms with van der Waals surface area (Å²) in [4.78, 5) is 16.4. The molecule has 2 N–H and O–H groups in total. The number of carbonyl (C=O) groups is 1. The highest BCUT2D eigenvalue weighted by molar-refractivity contribution is 6.07. The molecule has 0 radical (unpaired) electrons. The van der Waals surface area contributed by atoms with E-state index in [0.717, 1.165) is 22.4 Å². The lowest BCUT2D eigenvalue weighted by Crippen LogP contribution is -2.16. The van der Waals surface area contributed by atoms with Crippen molar-refractivity contribution in [2.75, 3.05) is 10.6 Å². The number of amides is 1. The summed E-state index contributed by atoms with van der Waals surface area (Å²) in [7, 11) is 0. The Balaban J connectivity index is 2.17. The normalized spacial score (nSPS) is 10.8. The first-order valence-electron chi connectivity index (χ1n) is 7.18. The summed E-state index contributed by atoms with van der Waals surface area (Å²) in [6.45, 7) is 5.86. The van der Waals surface area contributed by atoms with Crippen LogP contribution in [-0.2, 0) is 4.79 Å². The minimum Gasteiger partial charge on any atom is -0.345 e. The predicted octanol–water partition coefficient (Wildman–Crippen LogP) is 3.46. The number of carbonyl (C=O) groups excluding carboxylic acids is 1. The van der Waals surface area contributed by atoms with Crippen molar-refractivity contribution in [3.05, 3.63) is 65.0 Å². The fourth-order valence-corrected chi connectivity index (χ4v) is 2.30. The molecule has 0 unspecified atom stereocenters. The van der Waals surface area contributed by atoms with Gasteiger partial charge in [-0.15, -0.1) is 0 Å². The van der Waals surface area contributed by atoms with E-state index in [-0.39, 0.29) is 5.57 Å². The minimum absolute atomic E-state index is 0.0185. The van der Waals surface area contributed by atoms with Crippen LogP contribution in [0.4, 0.5) is 11.5 Å². The second-order valence-electron chi connectivity index (χ2n) is 5.26. The molecule has 0 fully saturated rings. The van der Waals surface area contributed by atoms with Crippen molar-refractivity contribution >= 4 is 17.4 Å². The van der Waals surface area contributed by atoms with Gasteiger partial charge in [0.05, 0.1) is 0 Å². The lowest BCUT2D eigenvalue weighted by atomic mass is 10.0. The van der Waals surface area contributed by atoms with E-state index < -0.39 is 5.91 Å². The zero-order valence-corrected chi connectivity index (χ0v) is 13.3. The number of nitriles is 1. The largest absolute Gasteiger partial charge is 0.345 e. The predicted molar refractivity (Wildman–Crippen MR) is 90.8 cm³/mol. The van der Waals surface area contributed by atoms with Crippen LogP contribution in [0.2, 0.25) is 0 Å². The Hall–Kier alpha value is -3.13. The SMILES string of the molecule is Cc1cc(C)c(NC(=O)/C(C#N)=C\Nc2ccccn2)c(C)c1. The molecule has 1 amide bonds.